The van der Waals surface area contributed by atoms with Crippen LogP contribution in [0.3, 0.4) is 0 Å². The zero-order chi connectivity index (χ0) is 20.6. The highest BCUT2D eigenvalue weighted by molar-refractivity contribution is 7.10. The summed E-state index contributed by atoms with van der Waals surface area (Å²) in [5.41, 5.74) is -0.663. The highest BCUT2D eigenvalue weighted by Crippen LogP contribution is 2.56. The molecule has 0 radical (unpaired) electrons. The summed E-state index contributed by atoms with van der Waals surface area (Å²) < 4.78 is 10.4. The molecule has 152 valence electrons. The topological polar surface area (TPSA) is 68.7 Å². The SMILES string of the molecule is COC(=O)c1csc(C2(CC(C)(C(C)C)N(C)C(=O)OC(C)(C)C)CC2)n1. The molecule has 7 heteroatoms. The lowest BCUT2D eigenvalue weighted by Crippen LogP contribution is -2.54. The van der Waals surface area contributed by atoms with Gasteiger partial charge >= 0.3 is 12.1 Å². The van der Waals surface area contributed by atoms with Gasteiger partial charge in [-0.05, 0) is 52.9 Å². The summed E-state index contributed by atoms with van der Waals surface area (Å²) in [5.74, 6) is -0.182. The largest absolute Gasteiger partial charge is 0.464 e. The second-order valence-electron chi connectivity index (χ2n) is 9.04. The molecule has 0 aromatic carbocycles. The van der Waals surface area contributed by atoms with Crippen molar-refractivity contribution in [3.8, 4) is 0 Å². The van der Waals surface area contributed by atoms with Crippen LogP contribution in [0, 0.1) is 5.92 Å². The van der Waals surface area contributed by atoms with E-state index in [1.54, 1.807) is 10.3 Å². The Balaban J connectivity index is 2.25. The molecule has 0 saturated heterocycles. The minimum atomic E-state index is -0.536. The Morgan fingerprint density at radius 1 is 1.30 bits per heavy atom. The maximum absolute atomic E-state index is 12.7. The molecule has 6 nitrogen and oxygen atoms in total. The van der Waals surface area contributed by atoms with E-state index in [1.807, 2.05) is 27.8 Å². The van der Waals surface area contributed by atoms with Gasteiger partial charge < -0.3 is 14.4 Å². The number of aromatic nitrogens is 1. The van der Waals surface area contributed by atoms with Crippen LogP contribution in [0.4, 0.5) is 4.79 Å². The summed E-state index contributed by atoms with van der Waals surface area (Å²) >= 11 is 1.50. The van der Waals surface area contributed by atoms with Gasteiger partial charge in [-0.3, -0.25) is 0 Å². The molecule has 0 N–H and O–H groups in total. The van der Waals surface area contributed by atoms with Crippen molar-refractivity contribution in [1.82, 2.24) is 9.88 Å². The summed E-state index contributed by atoms with van der Waals surface area (Å²) in [5, 5.41) is 2.71. The number of nitrogens with zero attached hydrogens (tertiary/aromatic N) is 2. The summed E-state index contributed by atoms with van der Waals surface area (Å²) in [4.78, 5) is 30.7. The fourth-order valence-corrected chi connectivity index (χ4v) is 4.32. The number of carbonyl (C=O) groups excluding carboxylic acids is 2. The minimum absolute atomic E-state index is 0.0910. The highest BCUT2D eigenvalue weighted by atomic mass is 32.1. The number of ether oxygens (including phenoxy) is 2. The normalized spacial score (nSPS) is 18.0. The zero-order valence-electron chi connectivity index (χ0n) is 17.7. The van der Waals surface area contributed by atoms with Gasteiger partial charge in [0.05, 0.1) is 12.1 Å². The van der Waals surface area contributed by atoms with E-state index < -0.39 is 17.1 Å². The molecule has 1 aliphatic rings. The Morgan fingerprint density at radius 2 is 1.89 bits per heavy atom. The van der Waals surface area contributed by atoms with E-state index in [-0.39, 0.29) is 17.4 Å². The molecular formula is C20H32N2O4S. The van der Waals surface area contributed by atoms with E-state index in [9.17, 15) is 9.59 Å². The summed E-state index contributed by atoms with van der Waals surface area (Å²) in [6, 6.07) is 0. The lowest BCUT2D eigenvalue weighted by atomic mass is 9.78. The number of methoxy groups -OCH3 is 1. The van der Waals surface area contributed by atoms with Gasteiger partial charge in [0.25, 0.3) is 0 Å². The van der Waals surface area contributed by atoms with E-state index in [2.05, 4.69) is 25.8 Å². The molecule has 1 atom stereocenters. The standard InChI is InChI=1S/C20H32N2O4S/c1-13(2)19(6,22(7)17(24)26-18(3,4)5)12-20(9-10-20)16-21-14(11-27-16)15(23)25-8/h11,13H,9-10,12H2,1-8H3. The minimum Gasteiger partial charge on any atom is -0.464 e. The molecule has 0 aliphatic heterocycles. The fraction of sp³-hybridized carbons (Fsp3) is 0.750. The smallest absolute Gasteiger partial charge is 0.410 e. The summed E-state index contributed by atoms with van der Waals surface area (Å²) in [6.45, 7) is 12.0. The van der Waals surface area contributed by atoms with Gasteiger partial charge in [0.15, 0.2) is 5.69 Å². The van der Waals surface area contributed by atoms with Crippen molar-refractivity contribution in [2.24, 2.45) is 5.92 Å². The third kappa shape index (κ3) is 4.62. The maximum atomic E-state index is 12.7. The number of thiazole rings is 1. The van der Waals surface area contributed by atoms with E-state index in [0.29, 0.717) is 5.69 Å². The van der Waals surface area contributed by atoms with E-state index in [1.165, 1.54) is 18.4 Å². The molecule has 2 rings (SSSR count). The zero-order valence-corrected chi connectivity index (χ0v) is 18.5. The molecular weight excluding hydrogens is 364 g/mol. The van der Waals surface area contributed by atoms with Crippen molar-refractivity contribution in [2.75, 3.05) is 14.2 Å². The average molecular weight is 397 g/mol. The quantitative estimate of drug-likeness (QED) is 0.656. The number of carbonyl (C=O) groups is 2. The molecule has 1 amide bonds. The van der Waals surface area contributed by atoms with Crippen molar-refractivity contribution in [2.45, 2.75) is 77.4 Å². The van der Waals surface area contributed by atoms with Crippen LogP contribution in [0.15, 0.2) is 5.38 Å². The van der Waals surface area contributed by atoms with Crippen molar-refractivity contribution in [3.63, 3.8) is 0 Å². The van der Waals surface area contributed by atoms with Crippen molar-refractivity contribution in [3.05, 3.63) is 16.1 Å². The number of hydrogen-bond donors (Lipinski definition) is 0. The maximum Gasteiger partial charge on any atom is 0.410 e. The summed E-state index contributed by atoms with van der Waals surface area (Å²) in [6.07, 6.45) is 2.47. The van der Waals surface area contributed by atoms with Crippen LogP contribution in [0.2, 0.25) is 0 Å². The van der Waals surface area contributed by atoms with Crippen LogP contribution in [0.5, 0.6) is 0 Å². The van der Waals surface area contributed by atoms with Gasteiger partial charge in [-0.1, -0.05) is 13.8 Å². The number of rotatable bonds is 6. The van der Waals surface area contributed by atoms with Gasteiger partial charge in [0.2, 0.25) is 0 Å². The molecule has 1 aromatic heterocycles. The van der Waals surface area contributed by atoms with Gasteiger partial charge in [-0.15, -0.1) is 11.3 Å². The third-order valence-corrected chi connectivity index (χ3v) is 6.67. The lowest BCUT2D eigenvalue weighted by molar-refractivity contribution is -0.00643. The van der Waals surface area contributed by atoms with Crippen LogP contribution in [0.1, 0.15) is 76.3 Å². The Bertz CT molecular complexity index is 703. The molecule has 1 aliphatic carbocycles. The van der Waals surface area contributed by atoms with Crippen LogP contribution < -0.4 is 0 Å². The number of hydrogen-bond acceptors (Lipinski definition) is 6. The van der Waals surface area contributed by atoms with E-state index in [4.69, 9.17) is 9.47 Å². The fourth-order valence-electron chi connectivity index (χ4n) is 3.27. The van der Waals surface area contributed by atoms with Crippen molar-refractivity contribution < 1.29 is 19.1 Å². The van der Waals surface area contributed by atoms with Gasteiger partial charge in [0.1, 0.15) is 5.60 Å². The lowest BCUT2D eigenvalue weighted by Gasteiger charge is -2.44. The summed E-state index contributed by atoms with van der Waals surface area (Å²) in [7, 11) is 3.17. The molecule has 1 saturated carbocycles. The first-order valence-electron chi connectivity index (χ1n) is 9.36. The first kappa shape index (κ1) is 21.7. The van der Waals surface area contributed by atoms with Gasteiger partial charge in [-0.25, -0.2) is 14.6 Å². The Hall–Kier alpha value is -1.63. The molecule has 1 unspecified atom stereocenters. The third-order valence-electron chi connectivity index (χ3n) is 5.58. The highest BCUT2D eigenvalue weighted by Gasteiger charge is 2.54. The number of amides is 1. The first-order valence-corrected chi connectivity index (χ1v) is 10.2. The number of esters is 1. The van der Waals surface area contributed by atoms with Crippen LogP contribution in [0.25, 0.3) is 0 Å². The second kappa shape index (κ2) is 7.41. The van der Waals surface area contributed by atoms with E-state index >= 15 is 0 Å². The Morgan fingerprint density at radius 3 is 2.33 bits per heavy atom. The Labute approximate surface area is 166 Å². The van der Waals surface area contributed by atoms with Crippen LogP contribution >= 0.6 is 11.3 Å². The predicted octanol–water partition coefficient (Wildman–Crippen LogP) is 4.63. The van der Waals surface area contributed by atoms with Crippen LogP contribution in [-0.2, 0) is 14.9 Å². The molecule has 1 fully saturated rings. The van der Waals surface area contributed by atoms with Crippen molar-refractivity contribution >= 4 is 23.4 Å². The van der Waals surface area contributed by atoms with Gasteiger partial charge in [0, 0.05) is 23.4 Å². The second-order valence-corrected chi connectivity index (χ2v) is 9.90. The van der Waals surface area contributed by atoms with Gasteiger partial charge in [-0.2, -0.15) is 0 Å². The van der Waals surface area contributed by atoms with E-state index in [0.717, 1.165) is 24.3 Å². The monoisotopic (exact) mass is 396 g/mol. The van der Waals surface area contributed by atoms with Crippen LogP contribution in [-0.4, -0.2) is 47.2 Å². The molecule has 0 bridgehead atoms. The molecule has 27 heavy (non-hydrogen) atoms. The molecule has 1 heterocycles. The molecule has 1 aromatic rings. The molecule has 0 spiro atoms. The predicted molar refractivity (Wildman–Crippen MR) is 106 cm³/mol. The first-order chi connectivity index (χ1) is 12.3. The Kier molecular flexibility index (Phi) is 5.95. The van der Waals surface area contributed by atoms with Crippen molar-refractivity contribution in [1.29, 1.82) is 0 Å². The average Bonchev–Trinajstić information content (AvgIpc) is 3.16.